The molecule has 1 amide bonds. The molecule has 1 unspecified atom stereocenters. The van der Waals surface area contributed by atoms with E-state index < -0.39 is 17.4 Å². The van der Waals surface area contributed by atoms with E-state index in [-0.39, 0.29) is 5.92 Å². The van der Waals surface area contributed by atoms with Crippen LogP contribution >= 0.6 is 0 Å². The highest BCUT2D eigenvalue weighted by atomic mass is 16.6. The van der Waals surface area contributed by atoms with Crippen molar-refractivity contribution in [1.82, 2.24) is 10.2 Å². The molecule has 1 aliphatic heterocycles. The molecule has 0 radical (unpaired) electrons. The Kier molecular flexibility index (Phi) is 6.30. The average molecular weight is 357 g/mol. The summed E-state index contributed by atoms with van der Waals surface area (Å²) in [6, 6.07) is 10.5. The Morgan fingerprint density at radius 1 is 1.31 bits per heavy atom. The molecule has 1 saturated heterocycles. The van der Waals surface area contributed by atoms with E-state index in [4.69, 9.17) is 4.74 Å². The zero-order chi connectivity index (χ0) is 19.4. The van der Waals surface area contributed by atoms with Crippen molar-refractivity contribution in [3.05, 3.63) is 35.4 Å². The van der Waals surface area contributed by atoms with Crippen LogP contribution < -0.4 is 5.32 Å². The van der Waals surface area contributed by atoms with E-state index in [0.717, 1.165) is 37.1 Å². The smallest absolute Gasteiger partial charge is 0.409 e. The summed E-state index contributed by atoms with van der Waals surface area (Å²) in [6.45, 7) is 11.3. The molecule has 1 aromatic rings. The van der Waals surface area contributed by atoms with Crippen molar-refractivity contribution in [1.29, 1.82) is 5.26 Å². The van der Waals surface area contributed by atoms with Gasteiger partial charge in [0.1, 0.15) is 11.3 Å². The summed E-state index contributed by atoms with van der Waals surface area (Å²) < 4.78 is 5.56. The van der Waals surface area contributed by atoms with Crippen molar-refractivity contribution in [3.8, 4) is 6.07 Å². The van der Waals surface area contributed by atoms with E-state index in [0.29, 0.717) is 6.42 Å². The molecule has 1 N–H and O–H groups in total. The van der Waals surface area contributed by atoms with Gasteiger partial charge in [-0.25, -0.2) is 4.79 Å². The minimum absolute atomic E-state index is 0.0965. The zero-order valence-electron chi connectivity index (χ0n) is 16.6. The SMILES string of the molecule is CCC(NC(=O)OC(C)(C)C)(c1ccccc1C)N1CCC(C#N)CC1. The Hall–Kier alpha value is -2.06. The molecule has 26 heavy (non-hydrogen) atoms. The van der Waals surface area contributed by atoms with E-state index in [1.165, 1.54) is 0 Å². The number of carbonyl (C=O) groups excluding carboxylic acids is 1. The number of rotatable bonds is 4. The number of benzene rings is 1. The predicted octanol–water partition coefficient (Wildman–Crippen LogP) is 4.32. The van der Waals surface area contributed by atoms with Crippen LogP contribution in [0, 0.1) is 24.2 Å². The molecule has 0 aromatic heterocycles. The van der Waals surface area contributed by atoms with Gasteiger partial charge in [-0.15, -0.1) is 0 Å². The molecular formula is C21H31N3O2. The lowest BCUT2D eigenvalue weighted by atomic mass is 9.87. The molecule has 1 heterocycles. The van der Waals surface area contributed by atoms with Gasteiger partial charge in [0.25, 0.3) is 0 Å². The maximum Gasteiger partial charge on any atom is 0.409 e. The summed E-state index contributed by atoms with van der Waals surface area (Å²) in [7, 11) is 0. The number of hydrogen-bond acceptors (Lipinski definition) is 4. The number of alkyl carbamates (subject to hydrolysis) is 1. The van der Waals surface area contributed by atoms with Gasteiger partial charge >= 0.3 is 6.09 Å². The van der Waals surface area contributed by atoms with Gasteiger partial charge in [-0.1, -0.05) is 31.2 Å². The monoisotopic (exact) mass is 357 g/mol. The van der Waals surface area contributed by atoms with Gasteiger partial charge in [-0.3, -0.25) is 10.2 Å². The summed E-state index contributed by atoms with van der Waals surface area (Å²) in [4.78, 5) is 15.0. The zero-order valence-corrected chi connectivity index (χ0v) is 16.6. The molecule has 5 nitrogen and oxygen atoms in total. The normalized spacial score (nSPS) is 18.6. The number of ether oxygens (including phenoxy) is 1. The highest BCUT2D eigenvalue weighted by Gasteiger charge is 2.42. The minimum Gasteiger partial charge on any atom is -0.444 e. The van der Waals surface area contributed by atoms with Crippen molar-refractivity contribution in [3.63, 3.8) is 0 Å². The Morgan fingerprint density at radius 3 is 2.42 bits per heavy atom. The number of nitrogens with zero attached hydrogens (tertiary/aromatic N) is 2. The van der Waals surface area contributed by atoms with Crippen molar-refractivity contribution in [2.45, 2.75) is 65.1 Å². The highest BCUT2D eigenvalue weighted by Crippen LogP contribution is 2.35. The second-order valence-corrected chi connectivity index (χ2v) is 8.05. The number of likely N-dealkylation sites (tertiary alicyclic amines) is 1. The van der Waals surface area contributed by atoms with Crippen LogP contribution in [0.15, 0.2) is 24.3 Å². The van der Waals surface area contributed by atoms with E-state index >= 15 is 0 Å². The van der Waals surface area contributed by atoms with Gasteiger partial charge < -0.3 is 4.74 Å². The molecule has 1 aliphatic rings. The van der Waals surface area contributed by atoms with Crippen LogP contribution in [0.2, 0.25) is 0 Å². The standard InChI is InChI=1S/C21H31N3O2/c1-6-21(18-10-8-7-9-16(18)2,23-19(25)26-20(3,4)5)24-13-11-17(15-22)12-14-24/h7-10,17H,6,11-14H2,1-5H3,(H,23,25). The molecule has 5 heteroatoms. The van der Waals surface area contributed by atoms with E-state index in [1.54, 1.807) is 0 Å². The van der Waals surface area contributed by atoms with Gasteiger partial charge in [0.05, 0.1) is 6.07 Å². The fourth-order valence-corrected chi connectivity index (χ4v) is 3.72. The van der Waals surface area contributed by atoms with Gasteiger partial charge in [0.15, 0.2) is 0 Å². The van der Waals surface area contributed by atoms with Crippen molar-refractivity contribution < 1.29 is 9.53 Å². The Bertz CT molecular complexity index is 667. The van der Waals surface area contributed by atoms with Crippen LogP contribution in [-0.4, -0.2) is 29.7 Å². The largest absolute Gasteiger partial charge is 0.444 e. The molecule has 1 fully saturated rings. The van der Waals surface area contributed by atoms with Gasteiger partial charge in [-0.2, -0.15) is 5.26 Å². The van der Waals surface area contributed by atoms with Crippen LogP contribution in [0.25, 0.3) is 0 Å². The number of amides is 1. The highest BCUT2D eigenvalue weighted by molar-refractivity contribution is 5.69. The third-order valence-electron chi connectivity index (χ3n) is 5.03. The number of aryl methyl sites for hydroxylation is 1. The molecule has 1 aromatic carbocycles. The lowest BCUT2D eigenvalue weighted by Crippen LogP contribution is -2.60. The number of piperidine rings is 1. The summed E-state index contributed by atoms with van der Waals surface area (Å²) in [6.07, 6.45) is 1.94. The summed E-state index contributed by atoms with van der Waals surface area (Å²) in [5, 5.41) is 12.4. The van der Waals surface area contributed by atoms with Crippen molar-refractivity contribution >= 4 is 6.09 Å². The Labute approximate surface area is 157 Å². The Morgan fingerprint density at radius 2 is 1.92 bits per heavy atom. The predicted molar refractivity (Wildman–Crippen MR) is 102 cm³/mol. The first-order chi connectivity index (χ1) is 12.2. The quantitative estimate of drug-likeness (QED) is 0.871. The first-order valence-electron chi connectivity index (χ1n) is 9.44. The number of nitriles is 1. The van der Waals surface area contributed by atoms with Crippen molar-refractivity contribution in [2.75, 3.05) is 13.1 Å². The third kappa shape index (κ3) is 4.56. The van der Waals surface area contributed by atoms with Crippen LogP contribution in [0.4, 0.5) is 4.79 Å². The molecule has 0 spiro atoms. The van der Waals surface area contributed by atoms with Gasteiger partial charge in [0.2, 0.25) is 0 Å². The van der Waals surface area contributed by atoms with E-state index in [2.05, 4.69) is 42.3 Å². The topological polar surface area (TPSA) is 65.4 Å². The molecule has 2 rings (SSSR count). The number of carbonyl (C=O) groups is 1. The summed E-state index contributed by atoms with van der Waals surface area (Å²) in [5.41, 5.74) is 1.04. The van der Waals surface area contributed by atoms with E-state index in [9.17, 15) is 10.1 Å². The van der Waals surface area contributed by atoms with Gasteiger partial charge in [-0.05, 0) is 58.1 Å². The fourth-order valence-electron chi connectivity index (χ4n) is 3.72. The minimum atomic E-state index is -0.631. The maximum atomic E-state index is 12.7. The van der Waals surface area contributed by atoms with E-state index in [1.807, 2.05) is 32.9 Å². The number of hydrogen-bond donors (Lipinski definition) is 1. The molecule has 0 bridgehead atoms. The fraction of sp³-hybridized carbons (Fsp3) is 0.619. The van der Waals surface area contributed by atoms with Crippen LogP contribution in [0.3, 0.4) is 0 Å². The maximum absolute atomic E-state index is 12.7. The van der Waals surface area contributed by atoms with Crippen molar-refractivity contribution in [2.24, 2.45) is 5.92 Å². The molecule has 0 saturated carbocycles. The first kappa shape index (κ1) is 20.3. The van der Waals surface area contributed by atoms with Crippen LogP contribution in [-0.2, 0) is 10.4 Å². The lowest BCUT2D eigenvalue weighted by Gasteiger charge is -2.47. The van der Waals surface area contributed by atoms with Crippen LogP contribution in [0.5, 0.6) is 0 Å². The second-order valence-electron chi connectivity index (χ2n) is 8.05. The Balaban J connectivity index is 2.39. The molecule has 1 atom stereocenters. The lowest BCUT2D eigenvalue weighted by molar-refractivity contribution is -0.00200. The third-order valence-corrected chi connectivity index (χ3v) is 5.03. The molecular weight excluding hydrogens is 326 g/mol. The first-order valence-corrected chi connectivity index (χ1v) is 9.44. The molecule has 0 aliphatic carbocycles. The molecule has 142 valence electrons. The summed E-state index contributed by atoms with van der Waals surface area (Å²) >= 11 is 0. The van der Waals surface area contributed by atoms with Crippen LogP contribution in [0.1, 0.15) is 58.1 Å². The summed E-state index contributed by atoms with van der Waals surface area (Å²) in [5.74, 6) is 0.0965. The average Bonchev–Trinajstić information content (AvgIpc) is 2.59. The second kappa shape index (κ2) is 8.09. The number of nitrogens with one attached hydrogen (secondary N) is 1. The van der Waals surface area contributed by atoms with Gasteiger partial charge in [0, 0.05) is 19.0 Å².